The standard InChI is InChI=1S/C15H20O5/c1-3-15(13(16)17,14(18)19-4-2)10-11-20-12-8-6-5-7-9-12/h5-9H,3-4,10-11H2,1-2H3,(H,16,17). The molecule has 0 aliphatic rings. The molecule has 0 amide bonds. The molecule has 1 atom stereocenters. The van der Waals surface area contributed by atoms with Gasteiger partial charge in [0.1, 0.15) is 5.75 Å². The summed E-state index contributed by atoms with van der Waals surface area (Å²) in [5.41, 5.74) is -1.54. The highest BCUT2D eigenvalue weighted by Gasteiger charge is 2.46. The zero-order chi connectivity index (χ0) is 15.0. The predicted octanol–water partition coefficient (Wildman–Crippen LogP) is 2.50. The van der Waals surface area contributed by atoms with Crippen LogP contribution >= 0.6 is 0 Å². The number of esters is 1. The number of hydrogen-bond donors (Lipinski definition) is 1. The van der Waals surface area contributed by atoms with Crippen LogP contribution < -0.4 is 4.74 Å². The molecule has 0 saturated carbocycles. The highest BCUT2D eigenvalue weighted by molar-refractivity contribution is 5.99. The first-order chi connectivity index (χ1) is 9.56. The molecule has 1 N–H and O–H groups in total. The van der Waals surface area contributed by atoms with Gasteiger partial charge in [-0.25, -0.2) is 0 Å². The molecule has 0 aliphatic carbocycles. The molecule has 5 nitrogen and oxygen atoms in total. The number of hydrogen-bond acceptors (Lipinski definition) is 4. The number of carboxylic acids is 1. The summed E-state index contributed by atoms with van der Waals surface area (Å²) in [6.07, 6.45) is 0.242. The van der Waals surface area contributed by atoms with E-state index in [0.717, 1.165) is 0 Å². The summed E-state index contributed by atoms with van der Waals surface area (Å²) in [6.45, 7) is 3.62. The lowest BCUT2D eigenvalue weighted by atomic mass is 9.82. The molecule has 0 bridgehead atoms. The Morgan fingerprint density at radius 1 is 1.20 bits per heavy atom. The predicted molar refractivity (Wildman–Crippen MR) is 73.5 cm³/mol. The average molecular weight is 280 g/mol. The van der Waals surface area contributed by atoms with Gasteiger partial charge in [0.2, 0.25) is 0 Å². The van der Waals surface area contributed by atoms with Gasteiger partial charge in [-0.2, -0.15) is 0 Å². The average Bonchev–Trinajstić information content (AvgIpc) is 2.44. The Kier molecular flexibility index (Phi) is 6.03. The molecule has 1 aromatic carbocycles. The highest BCUT2D eigenvalue weighted by Crippen LogP contribution is 2.29. The minimum atomic E-state index is -1.54. The van der Waals surface area contributed by atoms with Gasteiger partial charge in [0.05, 0.1) is 13.2 Å². The van der Waals surface area contributed by atoms with E-state index in [1.54, 1.807) is 26.0 Å². The van der Waals surface area contributed by atoms with Crippen molar-refractivity contribution in [3.63, 3.8) is 0 Å². The number of benzene rings is 1. The maximum absolute atomic E-state index is 11.9. The largest absolute Gasteiger partial charge is 0.494 e. The Morgan fingerprint density at radius 2 is 1.85 bits per heavy atom. The molecule has 0 saturated heterocycles. The summed E-state index contributed by atoms with van der Waals surface area (Å²) in [7, 11) is 0. The van der Waals surface area contributed by atoms with Crippen molar-refractivity contribution in [1.29, 1.82) is 0 Å². The molecule has 0 spiro atoms. The van der Waals surface area contributed by atoms with E-state index < -0.39 is 17.4 Å². The first-order valence-corrected chi connectivity index (χ1v) is 6.65. The topological polar surface area (TPSA) is 72.8 Å². The van der Waals surface area contributed by atoms with Crippen molar-refractivity contribution in [2.75, 3.05) is 13.2 Å². The van der Waals surface area contributed by atoms with Crippen LogP contribution in [-0.2, 0) is 14.3 Å². The van der Waals surface area contributed by atoms with Crippen LogP contribution in [0.15, 0.2) is 30.3 Å². The molecule has 1 rings (SSSR count). The zero-order valence-corrected chi connectivity index (χ0v) is 11.8. The molecule has 0 heterocycles. The second-order valence-corrected chi connectivity index (χ2v) is 4.37. The fourth-order valence-corrected chi connectivity index (χ4v) is 1.90. The molecule has 0 radical (unpaired) electrons. The van der Waals surface area contributed by atoms with E-state index in [2.05, 4.69) is 0 Å². The van der Waals surface area contributed by atoms with Gasteiger partial charge in [-0.05, 0) is 25.5 Å². The third kappa shape index (κ3) is 3.73. The Hall–Kier alpha value is -2.04. The molecule has 0 aromatic heterocycles. The molecular formula is C15H20O5. The fourth-order valence-electron chi connectivity index (χ4n) is 1.90. The van der Waals surface area contributed by atoms with E-state index in [1.807, 2.05) is 18.2 Å². The summed E-state index contributed by atoms with van der Waals surface area (Å²) in [5.74, 6) is -1.23. The monoisotopic (exact) mass is 280 g/mol. The molecular weight excluding hydrogens is 260 g/mol. The minimum Gasteiger partial charge on any atom is -0.494 e. The second kappa shape index (κ2) is 7.53. The van der Waals surface area contributed by atoms with Crippen molar-refractivity contribution in [2.45, 2.75) is 26.7 Å². The van der Waals surface area contributed by atoms with Gasteiger partial charge < -0.3 is 14.6 Å². The van der Waals surface area contributed by atoms with E-state index in [9.17, 15) is 14.7 Å². The Labute approximate surface area is 118 Å². The number of aliphatic carboxylic acids is 1. The van der Waals surface area contributed by atoms with E-state index in [4.69, 9.17) is 9.47 Å². The van der Waals surface area contributed by atoms with Crippen molar-refractivity contribution < 1.29 is 24.2 Å². The van der Waals surface area contributed by atoms with Gasteiger partial charge in [-0.3, -0.25) is 9.59 Å². The van der Waals surface area contributed by atoms with Gasteiger partial charge in [0, 0.05) is 6.42 Å². The smallest absolute Gasteiger partial charge is 0.323 e. The van der Waals surface area contributed by atoms with Crippen LogP contribution in [-0.4, -0.2) is 30.3 Å². The molecule has 5 heteroatoms. The molecule has 110 valence electrons. The van der Waals surface area contributed by atoms with Crippen LogP contribution in [0.4, 0.5) is 0 Å². The molecule has 1 unspecified atom stereocenters. The van der Waals surface area contributed by atoms with Crippen LogP contribution in [0.2, 0.25) is 0 Å². The van der Waals surface area contributed by atoms with Crippen molar-refractivity contribution in [3.05, 3.63) is 30.3 Å². The van der Waals surface area contributed by atoms with Gasteiger partial charge in [0.15, 0.2) is 5.41 Å². The van der Waals surface area contributed by atoms with Crippen LogP contribution in [0.5, 0.6) is 5.75 Å². The normalized spacial score (nSPS) is 13.3. The van der Waals surface area contributed by atoms with Crippen LogP contribution in [0.25, 0.3) is 0 Å². The van der Waals surface area contributed by atoms with E-state index in [0.29, 0.717) is 5.75 Å². The number of carboxylic acid groups (broad SMARTS) is 1. The zero-order valence-electron chi connectivity index (χ0n) is 11.8. The first-order valence-electron chi connectivity index (χ1n) is 6.65. The third-order valence-electron chi connectivity index (χ3n) is 3.22. The lowest BCUT2D eigenvalue weighted by molar-refractivity contribution is -0.170. The quantitative estimate of drug-likeness (QED) is 0.585. The Bertz CT molecular complexity index is 443. The van der Waals surface area contributed by atoms with Gasteiger partial charge in [-0.15, -0.1) is 0 Å². The highest BCUT2D eigenvalue weighted by atomic mass is 16.5. The molecule has 0 fully saturated rings. The number of para-hydroxylation sites is 1. The van der Waals surface area contributed by atoms with Crippen LogP contribution in [0.3, 0.4) is 0 Å². The van der Waals surface area contributed by atoms with Gasteiger partial charge >= 0.3 is 11.9 Å². The van der Waals surface area contributed by atoms with Crippen LogP contribution in [0.1, 0.15) is 26.7 Å². The van der Waals surface area contributed by atoms with Gasteiger partial charge in [-0.1, -0.05) is 25.1 Å². The van der Waals surface area contributed by atoms with Crippen LogP contribution in [0, 0.1) is 5.41 Å². The summed E-state index contributed by atoms with van der Waals surface area (Å²) in [4.78, 5) is 23.4. The number of carbonyl (C=O) groups is 2. The third-order valence-corrected chi connectivity index (χ3v) is 3.22. The Morgan fingerprint density at radius 3 is 2.35 bits per heavy atom. The maximum Gasteiger partial charge on any atom is 0.323 e. The van der Waals surface area contributed by atoms with Crippen molar-refractivity contribution in [3.8, 4) is 5.75 Å². The van der Waals surface area contributed by atoms with Gasteiger partial charge in [0.25, 0.3) is 0 Å². The second-order valence-electron chi connectivity index (χ2n) is 4.37. The maximum atomic E-state index is 11.9. The fraction of sp³-hybridized carbons (Fsp3) is 0.467. The SMILES string of the molecule is CCOC(=O)C(CC)(CCOc1ccccc1)C(=O)O. The minimum absolute atomic E-state index is 0.0760. The van der Waals surface area contributed by atoms with E-state index in [1.165, 1.54) is 0 Å². The lowest BCUT2D eigenvalue weighted by Crippen LogP contribution is -2.41. The summed E-state index contributed by atoms with van der Waals surface area (Å²) in [6, 6.07) is 9.06. The van der Waals surface area contributed by atoms with Crippen molar-refractivity contribution in [1.82, 2.24) is 0 Å². The summed E-state index contributed by atoms with van der Waals surface area (Å²) in [5, 5.41) is 9.36. The number of carbonyl (C=O) groups excluding carboxylic acids is 1. The van der Waals surface area contributed by atoms with E-state index in [-0.39, 0.29) is 26.1 Å². The summed E-state index contributed by atoms with van der Waals surface area (Å²) < 4.78 is 10.4. The molecule has 0 aliphatic heterocycles. The summed E-state index contributed by atoms with van der Waals surface area (Å²) >= 11 is 0. The molecule has 20 heavy (non-hydrogen) atoms. The number of ether oxygens (including phenoxy) is 2. The first kappa shape index (κ1) is 16.0. The van der Waals surface area contributed by atoms with Crippen molar-refractivity contribution >= 4 is 11.9 Å². The lowest BCUT2D eigenvalue weighted by Gasteiger charge is -2.25. The van der Waals surface area contributed by atoms with E-state index >= 15 is 0 Å². The number of rotatable bonds is 8. The Balaban J connectivity index is 2.70. The molecule has 1 aromatic rings. The van der Waals surface area contributed by atoms with Crippen molar-refractivity contribution in [2.24, 2.45) is 5.41 Å².